The maximum absolute atomic E-state index is 13.5. The molecule has 0 saturated heterocycles. The van der Waals surface area contributed by atoms with Crippen molar-refractivity contribution in [3.63, 3.8) is 0 Å². The fourth-order valence-corrected chi connectivity index (χ4v) is 4.81. The number of carbonyl (C=O) groups excluding carboxylic acids is 1. The first kappa shape index (κ1) is 28.3. The first-order valence-electron chi connectivity index (χ1n) is 11.8. The van der Waals surface area contributed by atoms with Crippen LogP contribution in [-0.4, -0.2) is 47.4 Å². The lowest BCUT2D eigenvalue weighted by Gasteiger charge is -2.24. The summed E-state index contributed by atoms with van der Waals surface area (Å²) < 4.78 is 44.4. The van der Waals surface area contributed by atoms with Crippen LogP contribution < -0.4 is 23.9 Å². The van der Waals surface area contributed by atoms with Gasteiger partial charge in [-0.05, 0) is 74.0 Å². The zero-order valence-electron chi connectivity index (χ0n) is 21.6. The Bertz CT molecular complexity index is 1370. The maximum atomic E-state index is 13.5. The Balaban J connectivity index is 1.79. The molecule has 38 heavy (non-hydrogen) atoms. The van der Waals surface area contributed by atoms with Crippen LogP contribution in [0.1, 0.15) is 18.1 Å². The number of nitrogens with zero attached hydrogens (tertiary/aromatic N) is 2. The SMILES string of the molecule is C=CCOc1ccc(/C=N/NC(=O)CN(c2ccc(OC)cc2)S(=O)(=O)c2ccc(C)cc2)cc1OCC. The molecule has 0 aliphatic carbocycles. The number of amides is 1. The van der Waals surface area contributed by atoms with Crippen LogP contribution in [-0.2, 0) is 14.8 Å². The van der Waals surface area contributed by atoms with Gasteiger partial charge in [-0.25, -0.2) is 13.8 Å². The minimum absolute atomic E-state index is 0.0671. The van der Waals surface area contributed by atoms with Crippen LogP contribution in [0.3, 0.4) is 0 Å². The lowest BCUT2D eigenvalue weighted by molar-refractivity contribution is -0.119. The van der Waals surface area contributed by atoms with Gasteiger partial charge in [0.2, 0.25) is 0 Å². The van der Waals surface area contributed by atoms with Crippen molar-refractivity contribution in [2.75, 3.05) is 31.2 Å². The highest BCUT2D eigenvalue weighted by molar-refractivity contribution is 7.92. The third kappa shape index (κ3) is 7.36. The molecule has 0 spiro atoms. The molecule has 0 aromatic heterocycles. The molecule has 9 nitrogen and oxygen atoms in total. The van der Waals surface area contributed by atoms with E-state index in [2.05, 4.69) is 17.1 Å². The Morgan fingerprint density at radius 2 is 1.74 bits per heavy atom. The number of rotatable bonds is 13. The zero-order chi connectivity index (χ0) is 27.5. The van der Waals surface area contributed by atoms with Gasteiger partial charge in [-0.3, -0.25) is 9.10 Å². The van der Waals surface area contributed by atoms with Crippen LogP contribution in [0, 0.1) is 6.92 Å². The second-order valence-corrected chi connectivity index (χ2v) is 9.92. The summed E-state index contributed by atoms with van der Waals surface area (Å²) in [5.41, 5.74) is 4.28. The predicted molar refractivity (Wildman–Crippen MR) is 148 cm³/mol. The van der Waals surface area contributed by atoms with Crippen molar-refractivity contribution in [2.45, 2.75) is 18.7 Å². The molecule has 0 radical (unpaired) electrons. The number of aryl methyl sites for hydroxylation is 1. The topological polar surface area (TPSA) is 107 Å². The van der Waals surface area contributed by atoms with Crippen molar-refractivity contribution in [3.05, 3.63) is 90.5 Å². The molecule has 3 aromatic carbocycles. The number of benzene rings is 3. The molecule has 0 unspecified atom stereocenters. The highest BCUT2D eigenvalue weighted by Crippen LogP contribution is 2.28. The van der Waals surface area contributed by atoms with E-state index in [9.17, 15) is 13.2 Å². The second-order valence-electron chi connectivity index (χ2n) is 8.05. The third-order valence-corrected chi connectivity index (χ3v) is 7.07. The molecule has 0 atom stereocenters. The molecule has 0 fully saturated rings. The van der Waals surface area contributed by atoms with E-state index < -0.39 is 22.5 Å². The number of hydrazone groups is 1. The van der Waals surface area contributed by atoms with Crippen LogP contribution in [0.4, 0.5) is 5.69 Å². The van der Waals surface area contributed by atoms with Gasteiger partial charge in [-0.1, -0.05) is 30.4 Å². The van der Waals surface area contributed by atoms with E-state index >= 15 is 0 Å². The average Bonchev–Trinajstić information content (AvgIpc) is 2.92. The Hall–Kier alpha value is -4.31. The van der Waals surface area contributed by atoms with E-state index in [1.807, 2.05) is 13.8 Å². The highest BCUT2D eigenvalue weighted by Gasteiger charge is 2.27. The number of methoxy groups -OCH3 is 1. The van der Waals surface area contributed by atoms with Crippen molar-refractivity contribution >= 4 is 27.8 Å². The Morgan fingerprint density at radius 1 is 1.03 bits per heavy atom. The molecule has 0 aliphatic heterocycles. The van der Waals surface area contributed by atoms with Crippen molar-refractivity contribution in [2.24, 2.45) is 5.10 Å². The fraction of sp³-hybridized carbons (Fsp3) is 0.214. The van der Waals surface area contributed by atoms with Crippen molar-refractivity contribution in [1.29, 1.82) is 0 Å². The van der Waals surface area contributed by atoms with E-state index in [0.29, 0.717) is 41.7 Å². The van der Waals surface area contributed by atoms with E-state index in [4.69, 9.17) is 14.2 Å². The molecule has 0 bridgehead atoms. The summed E-state index contributed by atoms with van der Waals surface area (Å²) in [5, 5.41) is 4.00. The molecule has 1 amide bonds. The minimum atomic E-state index is -4.04. The summed E-state index contributed by atoms with van der Waals surface area (Å²) in [4.78, 5) is 12.9. The lowest BCUT2D eigenvalue weighted by Crippen LogP contribution is -2.39. The Labute approximate surface area is 223 Å². The summed E-state index contributed by atoms with van der Waals surface area (Å²) in [6.45, 7) is 7.65. The van der Waals surface area contributed by atoms with E-state index in [0.717, 1.165) is 9.87 Å². The number of sulfonamides is 1. The standard InChI is InChI=1S/C28H31N3O6S/c1-5-17-37-26-16-9-22(18-27(26)36-6-2)19-29-30-28(32)20-31(23-10-12-24(35-4)13-11-23)38(33,34)25-14-7-21(3)8-15-25/h5,7-16,18-19H,1,6,17,20H2,2-4H3,(H,30,32)/b29-19+. The van der Waals surface area contributed by atoms with Gasteiger partial charge in [0, 0.05) is 0 Å². The molecule has 10 heteroatoms. The predicted octanol–water partition coefficient (Wildman–Crippen LogP) is 4.31. The first-order chi connectivity index (χ1) is 18.3. The van der Waals surface area contributed by atoms with E-state index in [1.165, 1.54) is 25.5 Å². The average molecular weight is 538 g/mol. The summed E-state index contributed by atoms with van der Waals surface area (Å²) in [6, 6.07) is 18.0. The van der Waals surface area contributed by atoms with Gasteiger partial charge in [0.25, 0.3) is 15.9 Å². The number of anilines is 1. The van der Waals surface area contributed by atoms with Crippen LogP contribution in [0.15, 0.2) is 89.4 Å². The van der Waals surface area contributed by atoms with Crippen LogP contribution in [0.25, 0.3) is 0 Å². The van der Waals surface area contributed by atoms with Gasteiger partial charge in [0.15, 0.2) is 11.5 Å². The number of hydrogen-bond donors (Lipinski definition) is 1. The molecule has 0 heterocycles. The molecule has 3 aromatic rings. The number of ether oxygens (including phenoxy) is 3. The van der Waals surface area contributed by atoms with Gasteiger partial charge in [-0.2, -0.15) is 5.10 Å². The second kappa shape index (κ2) is 13.3. The summed E-state index contributed by atoms with van der Waals surface area (Å²) in [6.07, 6.45) is 3.07. The van der Waals surface area contributed by atoms with Crippen molar-refractivity contribution in [1.82, 2.24) is 5.43 Å². The van der Waals surface area contributed by atoms with Gasteiger partial charge in [0.05, 0.1) is 30.5 Å². The number of nitrogens with one attached hydrogen (secondary N) is 1. The molecule has 3 rings (SSSR count). The smallest absolute Gasteiger partial charge is 0.264 e. The van der Waals surface area contributed by atoms with Crippen LogP contribution in [0.2, 0.25) is 0 Å². The number of carbonyl (C=O) groups is 1. The molecule has 200 valence electrons. The molecule has 1 N–H and O–H groups in total. The van der Waals surface area contributed by atoms with Crippen LogP contribution in [0.5, 0.6) is 17.2 Å². The monoisotopic (exact) mass is 537 g/mol. The third-order valence-electron chi connectivity index (χ3n) is 5.28. The summed E-state index contributed by atoms with van der Waals surface area (Å²) >= 11 is 0. The molecule has 0 aliphatic rings. The van der Waals surface area contributed by atoms with Gasteiger partial charge < -0.3 is 14.2 Å². The minimum Gasteiger partial charge on any atom is -0.497 e. The Kier molecular flexibility index (Phi) is 9.89. The van der Waals surface area contributed by atoms with E-state index in [-0.39, 0.29) is 4.90 Å². The van der Waals surface area contributed by atoms with Gasteiger partial charge in [-0.15, -0.1) is 0 Å². The van der Waals surface area contributed by atoms with Gasteiger partial charge in [0.1, 0.15) is 18.9 Å². The number of hydrogen-bond acceptors (Lipinski definition) is 7. The summed E-state index contributed by atoms with van der Waals surface area (Å²) in [5.74, 6) is 1.02. The fourth-order valence-electron chi connectivity index (χ4n) is 3.39. The largest absolute Gasteiger partial charge is 0.497 e. The first-order valence-corrected chi connectivity index (χ1v) is 13.3. The summed E-state index contributed by atoms with van der Waals surface area (Å²) in [7, 11) is -2.53. The molecular formula is C28H31N3O6S. The maximum Gasteiger partial charge on any atom is 0.264 e. The molecule has 0 saturated carbocycles. The quantitative estimate of drug-likeness (QED) is 0.198. The van der Waals surface area contributed by atoms with Crippen LogP contribution >= 0.6 is 0 Å². The van der Waals surface area contributed by atoms with Crippen molar-refractivity contribution < 1.29 is 27.4 Å². The van der Waals surface area contributed by atoms with E-state index in [1.54, 1.807) is 60.7 Å². The van der Waals surface area contributed by atoms with Gasteiger partial charge >= 0.3 is 0 Å². The molecular weight excluding hydrogens is 506 g/mol. The zero-order valence-corrected chi connectivity index (χ0v) is 22.4. The van der Waals surface area contributed by atoms with Crippen molar-refractivity contribution in [3.8, 4) is 17.2 Å². The normalized spacial score (nSPS) is 11.1. The lowest BCUT2D eigenvalue weighted by atomic mass is 10.2. The highest BCUT2D eigenvalue weighted by atomic mass is 32.2. The Morgan fingerprint density at radius 3 is 2.37 bits per heavy atom.